The molecule has 4 rings (SSSR count). The van der Waals surface area contributed by atoms with E-state index in [2.05, 4.69) is 11.1 Å². The minimum absolute atomic E-state index is 0.300. The third kappa shape index (κ3) is 3.89. The molecule has 0 radical (unpaired) electrons. The maximum atomic E-state index is 13.1. The normalized spacial score (nSPS) is 11.4. The number of benzene rings is 2. The largest absolute Gasteiger partial charge is 0.457 e. The van der Waals surface area contributed by atoms with Gasteiger partial charge in [0.1, 0.15) is 28.4 Å². The van der Waals surface area contributed by atoms with Gasteiger partial charge in [-0.2, -0.15) is 5.26 Å². The van der Waals surface area contributed by atoms with Crippen molar-refractivity contribution >= 4 is 34.6 Å². The second kappa shape index (κ2) is 7.81. The van der Waals surface area contributed by atoms with Crippen LogP contribution in [0.2, 0.25) is 5.02 Å². The first-order chi connectivity index (χ1) is 13.6. The van der Waals surface area contributed by atoms with Gasteiger partial charge in [-0.05, 0) is 60.7 Å². The fourth-order valence-electron chi connectivity index (χ4n) is 2.63. The van der Waals surface area contributed by atoms with E-state index in [9.17, 15) is 9.65 Å². The quantitative estimate of drug-likeness (QED) is 0.345. The molecule has 6 heteroatoms. The van der Waals surface area contributed by atoms with Crippen molar-refractivity contribution in [1.29, 1.82) is 5.26 Å². The number of thiazole rings is 1. The zero-order valence-corrected chi connectivity index (χ0v) is 16.0. The highest BCUT2D eigenvalue weighted by atomic mass is 35.5. The first-order valence-electron chi connectivity index (χ1n) is 8.32. The van der Waals surface area contributed by atoms with Gasteiger partial charge in [-0.25, -0.2) is 9.37 Å². The zero-order chi connectivity index (χ0) is 19.5. The van der Waals surface area contributed by atoms with Crippen LogP contribution in [0.4, 0.5) is 4.39 Å². The lowest BCUT2D eigenvalue weighted by molar-refractivity contribution is 0.572. The summed E-state index contributed by atoms with van der Waals surface area (Å²) in [6.45, 7) is 0. The average molecular weight is 407 g/mol. The molecular weight excluding hydrogens is 395 g/mol. The van der Waals surface area contributed by atoms with Crippen molar-refractivity contribution in [2.75, 3.05) is 0 Å². The summed E-state index contributed by atoms with van der Waals surface area (Å²) < 4.78 is 18.9. The number of hydrogen-bond acceptors (Lipinski definition) is 4. The van der Waals surface area contributed by atoms with E-state index >= 15 is 0 Å². The molecule has 28 heavy (non-hydrogen) atoms. The number of allylic oxidation sites excluding steroid dienone is 1. The number of furan rings is 1. The third-order valence-electron chi connectivity index (χ3n) is 4.04. The molecule has 136 valence electrons. The van der Waals surface area contributed by atoms with Crippen LogP contribution in [0, 0.1) is 17.1 Å². The summed E-state index contributed by atoms with van der Waals surface area (Å²) in [6.07, 6.45) is 1.66. The molecule has 2 heterocycles. The smallest absolute Gasteiger partial charge is 0.134 e. The van der Waals surface area contributed by atoms with E-state index in [1.165, 1.54) is 23.5 Å². The van der Waals surface area contributed by atoms with Crippen molar-refractivity contribution in [3.8, 4) is 28.7 Å². The predicted molar refractivity (Wildman–Crippen MR) is 110 cm³/mol. The van der Waals surface area contributed by atoms with Crippen LogP contribution in [0.1, 0.15) is 10.8 Å². The van der Waals surface area contributed by atoms with Gasteiger partial charge >= 0.3 is 0 Å². The lowest BCUT2D eigenvalue weighted by Gasteiger charge is -1.97. The molecule has 0 fully saturated rings. The number of nitrogens with zero attached hydrogens (tertiary/aromatic N) is 2. The summed E-state index contributed by atoms with van der Waals surface area (Å²) in [4.78, 5) is 4.50. The Bertz CT molecular complexity index is 1180. The van der Waals surface area contributed by atoms with E-state index in [0.717, 1.165) is 11.1 Å². The molecule has 0 spiro atoms. The Morgan fingerprint density at radius 3 is 2.46 bits per heavy atom. The lowest BCUT2D eigenvalue weighted by Crippen LogP contribution is -1.83. The van der Waals surface area contributed by atoms with Crippen molar-refractivity contribution in [3.05, 3.63) is 87.7 Å². The highest BCUT2D eigenvalue weighted by molar-refractivity contribution is 7.11. The van der Waals surface area contributed by atoms with Crippen molar-refractivity contribution in [1.82, 2.24) is 4.98 Å². The van der Waals surface area contributed by atoms with Gasteiger partial charge in [-0.3, -0.25) is 0 Å². The highest BCUT2D eigenvalue weighted by Gasteiger charge is 2.11. The van der Waals surface area contributed by atoms with E-state index in [0.29, 0.717) is 32.8 Å². The van der Waals surface area contributed by atoms with Gasteiger partial charge in [0.05, 0.1) is 11.3 Å². The highest BCUT2D eigenvalue weighted by Crippen LogP contribution is 2.29. The molecule has 0 aliphatic rings. The van der Waals surface area contributed by atoms with Crippen molar-refractivity contribution < 1.29 is 8.81 Å². The molecule has 0 bridgehead atoms. The van der Waals surface area contributed by atoms with Crippen LogP contribution >= 0.6 is 22.9 Å². The Morgan fingerprint density at radius 2 is 1.75 bits per heavy atom. The fraction of sp³-hybridized carbons (Fsp3) is 0. The summed E-state index contributed by atoms with van der Waals surface area (Å²) in [5.74, 6) is 0.942. The van der Waals surface area contributed by atoms with Gasteiger partial charge in [0.25, 0.3) is 0 Å². The van der Waals surface area contributed by atoms with Crippen LogP contribution in [0.5, 0.6) is 0 Å². The molecule has 0 atom stereocenters. The first-order valence-corrected chi connectivity index (χ1v) is 9.57. The van der Waals surface area contributed by atoms with E-state index in [1.54, 1.807) is 36.4 Å². The SMILES string of the molecule is N#C/C(=C\c1ccc(-c2ccc(Cl)cc2)o1)c1nc(-c2ccc(F)cc2)cs1. The van der Waals surface area contributed by atoms with Crippen LogP contribution in [-0.2, 0) is 0 Å². The maximum absolute atomic E-state index is 13.1. The molecule has 0 amide bonds. The number of nitriles is 1. The Labute approximate surface area is 170 Å². The maximum Gasteiger partial charge on any atom is 0.134 e. The molecule has 0 saturated carbocycles. The van der Waals surface area contributed by atoms with Crippen LogP contribution in [0.25, 0.3) is 34.2 Å². The molecule has 4 aromatic rings. The molecule has 2 aromatic heterocycles. The molecule has 0 saturated heterocycles. The number of aromatic nitrogens is 1. The first kappa shape index (κ1) is 18.2. The average Bonchev–Trinajstić information content (AvgIpc) is 3.37. The Hall–Kier alpha value is -3.20. The van der Waals surface area contributed by atoms with Crippen LogP contribution in [-0.4, -0.2) is 4.98 Å². The Kier molecular flexibility index (Phi) is 5.07. The molecular formula is C22H12ClFN2OS. The molecule has 0 unspecified atom stereocenters. The molecule has 0 aliphatic heterocycles. The van der Waals surface area contributed by atoms with Crippen molar-refractivity contribution in [2.24, 2.45) is 0 Å². The van der Waals surface area contributed by atoms with Gasteiger partial charge in [0.15, 0.2) is 0 Å². The summed E-state index contributed by atoms with van der Waals surface area (Å²) in [5, 5.41) is 12.6. The van der Waals surface area contributed by atoms with Gasteiger partial charge in [0, 0.05) is 27.6 Å². The Balaban J connectivity index is 1.61. The molecule has 3 nitrogen and oxygen atoms in total. The number of halogens is 2. The summed E-state index contributed by atoms with van der Waals surface area (Å²) in [5.41, 5.74) is 2.79. The van der Waals surface area contributed by atoms with Crippen LogP contribution in [0.3, 0.4) is 0 Å². The predicted octanol–water partition coefficient (Wildman–Crippen LogP) is 6.93. The number of rotatable bonds is 4. The number of hydrogen-bond donors (Lipinski definition) is 0. The third-order valence-corrected chi connectivity index (χ3v) is 5.16. The van der Waals surface area contributed by atoms with Gasteiger partial charge in [-0.15, -0.1) is 11.3 Å². The van der Waals surface area contributed by atoms with E-state index in [-0.39, 0.29) is 5.82 Å². The molecule has 2 aromatic carbocycles. The van der Waals surface area contributed by atoms with E-state index < -0.39 is 0 Å². The van der Waals surface area contributed by atoms with Crippen LogP contribution < -0.4 is 0 Å². The summed E-state index contributed by atoms with van der Waals surface area (Å²) >= 11 is 7.27. The van der Waals surface area contributed by atoms with Gasteiger partial charge in [-0.1, -0.05) is 11.6 Å². The minimum Gasteiger partial charge on any atom is -0.457 e. The second-order valence-corrected chi connectivity index (χ2v) is 7.22. The standard InChI is InChI=1S/C22H12ClFN2OS/c23-17-5-1-15(2-6-17)21-10-9-19(27-21)11-16(12-25)22-26-20(13-28-22)14-3-7-18(24)8-4-14/h1-11,13H/b16-11+. The second-order valence-electron chi connectivity index (χ2n) is 5.92. The van der Waals surface area contributed by atoms with Gasteiger partial charge in [0.2, 0.25) is 0 Å². The summed E-state index contributed by atoms with van der Waals surface area (Å²) in [7, 11) is 0. The van der Waals surface area contributed by atoms with Crippen molar-refractivity contribution in [3.63, 3.8) is 0 Å². The van der Waals surface area contributed by atoms with E-state index in [1.807, 2.05) is 23.6 Å². The molecule has 0 N–H and O–H groups in total. The van der Waals surface area contributed by atoms with E-state index in [4.69, 9.17) is 16.0 Å². The van der Waals surface area contributed by atoms with Gasteiger partial charge < -0.3 is 4.42 Å². The minimum atomic E-state index is -0.300. The van der Waals surface area contributed by atoms with Crippen LogP contribution in [0.15, 0.2) is 70.5 Å². The zero-order valence-electron chi connectivity index (χ0n) is 14.4. The Morgan fingerprint density at radius 1 is 1.04 bits per heavy atom. The topological polar surface area (TPSA) is 49.8 Å². The van der Waals surface area contributed by atoms with Crippen molar-refractivity contribution in [2.45, 2.75) is 0 Å². The monoisotopic (exact) mass is 406 g/mol. The summed E-state index contributed by atoms with van der Waals surface area (Å²) in [6, 6.07) is 19.2. The lowest BCUT2D eigenvalue weighted by atomic mass is 10.2. The fourth-order valence-corrected chi connectivity index (χ4v) is 3.56. The molecule has 0 aliphatic carbocycles.